The summed E-state index contributed by atoms with van der Waals surface area (Å²) in [5.41, 5.74) is 0.213. The van der Waals surface area contributed by atoms with Crippen LogP contribution in [0.1, 0.15) is 18.4 Å². The minimum Gasteiger partial charge on any atom is -0.367 e. The highest BCUT2D eigenvalue weighted by Gasteiger charge is 2.37. The third-order valence-corrected chi connectivity index (χ3v) is 4.97. The molecule has 3 fully saturated rings. The number of halogens is 4. The van der Waals surface area contributed by atoms with Gasteiger partial charge in [0.25, 0.3) is 0 Å². The number of piperidine rings is 3. The Bertz CT molecular complexity index is 863. The van der Waals surface area contributed by atoms with E-state index in [1.54, 1.807) is 6.20 Å². The van der Waals surface area contributed by atoms with Gasteiger partial charge in [-0.15, -0.1) is 0 Å². The Morgan fingerprint density at radius 2 is 1.96 bits per heavy atom. The molecule has 126 valence electrons. The number of alkyl halides is 3. The Balaban J connectivity index is 1.84. The van der Waals surface area contributed by atoms with Gasteiger partial charge in [-0.05, 0) is 25.0 Å². The molecule has 0 aliphatic carbocycles. The van der Waals surface area contributed by atoms with Gasteiger partial charge >= 0.3 is 6.18 Å². The topological polar surface area (TPSA) is 38.1 Å². The van der Waals surface area contributed by atoms with Crippen molar-refractivity contribution in [2.24, 2.45) is 5.92 Å². The number of Topliss-reactive ketones (excluding diaryl/α,β-unsaturated/α-hetero) is 1. The van der Waals surface area contributed by atoms with Crippen LogP contribution in [0, 0.1) is 5.92 Å². The van der Waals surface area contributed by atoms with Gasteiger partial charge in [0, 0.05) is 25.2 Å². The molecule has 2 bridgehead atoms. The van der Waals surface area contributed by atoms with Gasteiger partial charge in [-0.1, -0.05) is 11.6 Å². The fraction of sp³-hybridized carbons (Fsp3) is 0.375. The van der Waals surface area contributed by atoms with Crippen molar-refractivity contribution in [2.75, 3.05) is 13.1 Å². The van der Waals surface area contributed by atoms with Gasteiger partial charge in [0.05, 0.1) is 21.8 Å². The number of allylic oxidation sites excluding steroid dienone is 1. The Morgan fingerprint density at radius 3 is 2.58 bits per heavy atom. The van der Waals surface area contributed by atoms with Gasteiger partial charge in [-0.25, -0.2) is 4.98 Å². The van der Waals surface area contributed by atoms with Crippen LogP contribution in [0.15, 0.2) is 24.2 Å². The molecule has 2 aromatic rings. The summed E-state index contributed by atoms with van der Waals surface area (Å²) in [5.74, 6) is 0.0674. The maximum absolute atomic E-state index is 13.0. The Hall–Kier alpha value is -2.02. The van der Waals surface area contributed by atoms with Crippen LogP contribution in [0.3, 0.4) is 0 Å². The summed E-state index contributed by atoms with van der Waals surface area (Å²) in [6.07, 6.45) is 0.138. The second-order valence-electron chi connectivity index (χ2n) is 6.12. The van der Waals surface area contributed by atoms with E-state index >= 15 is 0 Å². The predicted octanol–water partition coefficient (Wildman–Crippen LogP) is 3.80. The van der Waals surface area contributed by atoms with E-state index in [4.69, 9.17) is 11.6 Å². The molecular weight excluding hydrogens is 343 g/mol. The molecule has 0 saturated carbocycles. The fourth-order valence-corrected chi connectivity index (χ4v) is 3.65. The largest absolute Gasteiger partial charge is 0.416 e. The summed E-state index contributed by atoms with van der Waals surface area (Å²) >= 11 is 5.94. The van der Waals surface area contributed by atoms with Crippen LogP contribution in [-0.4, -0.2) is 33.3 Å². The first-order valence-corrected chi connectivity index (χ1v) is 7.96. The molecule has 8 heteroatoms. The highest BCUT2D eigenvalue weighted by atomic mass is 35.5. The quantitative estimate of drug-likeness (QED) is 0.730. The highest BCUT2D eigenvalue weighted by molar-refractivity contribution is 6.35. The first-order chi connectivity index (χ1) is 11.3. The lowest BCUT2D eigenvalue weighted by molar-refractivity contribution is -0.137. The van der Waals surface area contributed by atoms with Crippen molar-refractivity contribution < 1.29 is 18.0 Å². The molecule has 0 spiro atoms. The smallest absolute Gasteiger partial charge is 0.367 e. The minimum absolute atomic E-state index is 0.0189. The maximum Gasteiger partial charge on any atom is 0.416 e. The van der Waals surface area contributed by atoms with E-state index in [1.165, 1.54) is 10.9 Å². The van der Waals surface area contributed by atoms with Crippen LogP contribution in [0.4, 0.5) is 13.2 Å². The normalized spacial score (nSPS) is 20.6. The fourth-order valence-electron chi connectivity index (χ4n) is 3.38. The van der Waals surface area contributed by atoms with Gasteiger partial charge < -0.3 is 9.47 Å². The second-order valence-corrected chi connectivity index (χ2v) is 6.52. The van der Waals surface area contributed by atoms with Crippen LogP contribution >= 0.6 is 11.6 Å². The van der Waals surface area contributed by atoms with E-state index in [2.05, 4.69) is 4.98 Å². The number of rotatable bonds is 1. The van der Waals surface area contributed by atoms with Crippen LogP contribution in [0.5, 0.6) is 0 Å². The molecule has 0 radical (unpaired) electrons. The number of nitrogens with zero attached hydrogens (tertiary/aromatic N) is 3. The van der Waals surface area contributed by atoms with E-state index in [0.29, 0.717) is 5.70 Å². The SMILES string of the molecule is O=C1/C(=C\n2cnc3c(Cl)cc(C(F)(F)F)cc32)N2CCC1CC2. The lowest BCUT2D eigenvalue weighted by Gasteiger charge is -2.40. The van der Waals surface area contributed by atoms with Crippen LogP contribution in [0.2, 0.25) is 5.02 Å². The molecule has 4 nitrogen and oxygen atoms in total. The molecule has 24 heavy (non-hydrogen) atoms. The minimum atomic E-state index is -4.50. The third-order valence-electron chi connectivity index (χ3n) is 4.68. The van der Waals surface area contributed by atoms with Crippen LogP contribution in [-0.2, 0) is 11.0 Å². The zero-order chi connectivity index (χ0) is 17.1. The summed E-state index contributed by atoms with van der Waals surface area (Å²) in [6.45, 7) is 1.59. The van der Waals surface area contributed by atoms with E-state index in [9.17, 15) is 18.0 Å². The predicted molar refractivity (Wildman–Crippen MR) is 83.3 cm³/mol. The van der Waals surface area contributed by atoms with Gasteiger partial charge in [-0.3, -0.25) is 4.79 Å². The van der Waals surface area contributed by atoms with Crippen molar-refractivity contribution in [2.45, 2.75) is 19.0 Å². The summed E-state index contributed by atoms with van der Waals surface area (Å²) in [7, 11) is 0. The molecule has 3 saturated heterocycles. The van der Waals surface area contributed by atoms with E-state index in [0.717, 1.165) is 38.1 Å². The van der Waals surface area contributed by atoms with Crippen molar-refractivity contribution in [3.05, 3.63) is 34.7 Å². The standard InChI is InChI=1S/C16H13ClF3N3O/c17-11-5-10(16(18,19)20)6-12-14(11)21-8-23(12)7-13-15(24)9-1-3-22(13)4-2-9/h5-9H,1-4H2/b13-7+. The number of benzene rings is 1. The first-order valence-electron chi connectivity index (χ1n) is 7.59. The molecule has 5 rings (SSSR count). The number of carbonyl (C=O) groups excluding carboxylic acids is 1. The Kier molecular flexibility index (Phi) is 3.38. The molecule has 0 unspecified atom stereocenters. The molecule has 0 atom stereocenters. The third kappa shape index (κ3) is 2.38. The number of ketones is 1. The van der Waals surface area contributed by atoms with E-state index in [1.807, 2.05) is 4.90 Å². The average molecular weight is 356 g/mol. The van der Waals surface area contributed by atoms with Crippen molar-refractivity contribution in [1.82, 2.24) is 14.5 Å². The molecule has 0 N–H and O–H groups in total. The molecule has 3 aliphatic rings. The molecule has 1 aromatic carbocycles. The van der Waals surface area contributed by atoms with Crippen molar-refractivity contribution in [3.8, 4) is 0 Å². The Labute approximate surface area is 140 Å². The highest BCUT2D eigenvalue weighted by Crippen LogP contribution is 2.36. The summed E-state index contributed by atoms with van der Waals surface area (Å²) < 4.78 is 40.5. The molecule has 3 aliphatic heterocycles. The molecular formula is C16H13ClF3N3O. The lowest BCUT2D eigenvalue weighted by Crippen LogP contribution is -2.46. The number of carbonyl (C=O) groups is 1. The van der Waals surface area contributed by atoms with Gasteiger partial charge in [0.15, 0.2) is 5.78 Å². The monoisotopic (exact) mass is 355 g/mol. The van der Waals surface area contributed by atoms with Crippen molar-refractivity contribution in [3.63, 3.8) is 0 Å². The van der Waals surface area contributed by atoms with E-state index < -0.39 is 11.7 Å². The van der Waals surface area contributed by atoms with Crippen LogP contribution in [0.25, 0.3) is 17.2 Å². The summed E-state index contributed by atoms with van der Waals surface area (Å²) in [5, 5.41) is -0.0613. The van der Waals surface area contributed by atoms with Crippen molar-refractivity contribution >= 4 is 34.6 Å². The molecule has 0 amide bonds. The molecule has 4 heterocycles. The van der Waals surface area contributed by atoms with Crippen LogP contribution < -0.4 is 0 Å². The zero-order valence-electron chi connectivity index (χ0n) is 12.5. The van der Waals surface area contributed by atoms with Gasteiger partial charge in [0.2, 0.25) is 0 Å². The number of aromatic nitrogens is 2. The van der Waals surface area contributed by atoms with Crippen molar-refractivity contribution in [1.29, 1.82) is 0 Å². The zero-order valence-corrected chi connectivity index (χ0v) is 13.2. The number of hydrogen-bond acceptors (Lipinski definition) is 3. The summed E-state index contributed by atoms with van der Waals surface area (Å²) in [6, 6.07) is 1.87. The number of fused-ring (bicyclic) bond motifs is 4. The summed E-state index contributed by atoms with van der Waals surface area (Å²) in [4.78, 5) is 18.5. The maximum atomic E-state index is 13.0. The number of imidazole rings is 1. The second kappa shape index (κ2) is 5.24. The van der Waals surface area contributed by atoms with Gasteiger partial charge in [-0.2, -0.15) is 13.2 Å². The van der Waals surface area contributed by atoms with Gasteiger partial charge in [0.1, 0.15) is 11.8 Å². The number of hydrogen-bond donors (Lipinski definition) is 0. The first kappa shape index (κ1) is 15.5. The molecule has 1 aromatic heterocycles. The Morgan fingerprint density at radius 1 is 1.25 bits per heavy atom. The average Bonchev–Trinajstić information content (AvgIpc) is 2.94. The lowest BCUT2D eigenvalue weighted by atomic mass is 9.85. The van der Waals surface area contributed by atoms with E-state index in [-0.39, 0.29) is 27.8 Å².